The lowest BCUT2D eigenvalue weighted by Crippen LogP contribution is -2.69. The molecule has 1 aromatic carbocycles. The largest absolute Gasteiger partial charge is 0.481 e. The second-order valence-corrected chi connectivity index (χ2v) is 12.6. The van der Waals surface area contributed by atoms with Gasteiger partial charge in [-0.1, -0.05) is 12.1 Å². The van der Waals surface area contributed by atoms with Gasteiger partial charge in [0.1, 0.15) is 17.6 Å². The molecule has 2 bridgehead atoms. The number of ether oxygens (including phenoxy) is 4. The molecule has 2 aliphatic carbocycles. The molecule has 1 spiro atoms. The Morgan fingerprint density at radius 3 is 2.50 bits per heavy atom. The van der Waals surface area contributed by atoms with Crippen LogP contribution in [0.4, 0.5) is 0 Å². The topological polar surface area (TPSA) is 236 Å². The summed E-state index contributed by atoms with van der Waals surface area (Å²) in [4.78, 5) is 75.0. The van der Waals surface area contributed by atoms with Crippen LogP contribution in [-0.4, -0.2) is 111 Å². The van der Waals surface area contributed by atoms with Crippen LogP contribution in [0.2, 0.25) is 0 Å². The molecule has 0 radical (unpaired) electrons. The molecule has 1 aromatic rings. The summed E-state index contributed by atoms with van der Waals surface area (Å²) in [5, 5.41) is 42.6. The van der Waals surface area contributed by atoms with E-state index in [2.05, 4.69) is 4.90 Å². The average Bonchev–Trinajstić information content (AvgIpc) is 3.35. The normalized spacial score (nSPS) is 27.1. The van der Waals surface area contributed by atoms with E-state index in [1.165, 1.54) is 0 Å². The van der Waals surface area contributed by atoms with E-state index in [0.29, 0.717) is 37.1 Å². The summed E-state index contributed by atoms with van der Waals surface area (Å²) in [5.41, 5.74) is -0.0244. The first-order valence-corrected chi connectivity index (χ1v) is 15.5. The van der Waals surface area contributed by atoms with Crippen molar-refractivity contribution in [3.63, 3.8) is 0 Å². The van der Waals surface area contributed by atoms with E-state index in [-0.39, 0.29) is 24.8 Å². The Labute approximate surface area is 274 Å². The highest BCUT2D eigenvalue weighted by molar-refractivity contribution is 5.91. The fourth-order valence-electron chi connectivity index (χ4n) is 7.55. The van der Waals surface area contributed by atoms with Crippen LogP contribution in [0, 0.1) is 0 Å². The Kier molecular flexibility index (Phi) is 9.54. The number of carboxylic acid groups (broad SMARTS) is 2. The molecule has 0 saturated carbocycles. The van der Waals surface area contributed by atoms with Gasteiger partial charge in [0.15, 0.2) is 12.2 Å². The number of nitrogens with zero attached hydrogens (tertiary/aromatic N) is 1. The SMILES string of the molecule is CC(=O)O[C@@H](CC(=O)OC1=CC[C@@]2(O)[C@H]3Cc4ccc(CO)c5c4[C@@]2(CCCN3C)[C@H]1O5)C(=O)O[C@@H](C)C(=O)N[C@H](CC(=O)O)C(=O)O. The highest BCUT2D eigenvalue weighted by atomic mass is 16.6. The first-order valence-electron chi connectivity index (χ1n) is 15.5. The van der Waals surface area contributed by atoms with Crippen molar-refractivity contribution in [2.45, 2.75) is 100 Å². The third-order valence-corrected chi connectivity index (χ3v) is 9.66. The number of esters is 3. The van der Waals surface area contributed by atoms with Crippen molar-refractivity contribution < 1.29 is 68.1 Å². The van der Waals surface area contributed by atoms with Gasteiger partial charge in [0.25, 0.3) is 5.91 Å². The molecular weight excluding hydrogens is 636 g/mol. The Balaban J connectivity index is 1.35. The van der Waals surface area contributed by atoms with E-state index >= 15 is 0 Å². The van der Waals surface area contributed by atoms with Gasteiger partial charge in [-0.2, -0.15) is 0 Å². The molecule has 16 heteroatoms. The van der Waals surface area contributed by atoms with Gasteiger partial charge in [0.05, 0.1) is 30.5 Å². The van der Waals surface area contributed by atoms with E-state index < -0.39 is 84.0 Å². The predicted octanol–water partition coefficient (Wildman–Crippen LogP) is -0.312. The van der Waals surface area contributed by atoms with Crippen LogP contribution < -0.4 is 10.1 Å². The van der Waals surface area contributed by atoms with Gasteiger partial charge >= 0.3 is 29.8 Å². The Morgan fingerprint density at radius 2 is 1.85 bits per heavy atom. The predicted molar refractivity (Wildman–Crippen MR) is 159 cm³/mol. The van der Waals surface area contributed by atoms with Crippen LogP contribution in [0.1, 0.15) is 62.6 Å². The van der Waals surface area contributed by atoms with Crippen molar-refractivity contribution in [2.75, 3.05) is 13.6 Å². The van der Waals surface area contributed by atoms with E-state index in [1.54, 1.807) is 12.1 Å². The number of aliphatic hydroxyl groups is 2. The summed E-state index contributed by atoms with van der Waals surface area (Å²) >= 11 is 0. The summed E-state index contributed by atoms with van der Waals surface area (Å²) < 4.78 is 22.3. The molecule has 260 valence electrons. The molecule has 2 aliphatic heterocycles. The molecular formula is C32H38N2O14. The average molecular weight is 675 g/mol. The maximum absolute atomic E-state index is 13.3. The molecule has 7 atom stereocenters. The van der Waals surface area contributed by atoms with Crippen molar-refractivity contribution >= 4 is 35.8 Å². The summed E-state index contributed by atoms with van der Waals surface area (Å²) in [6.07, 6.45) is -2.80. The van der Waals surface area contributed by atoms with Crippen LogP contribution in [0.15, 0.2) is 24.0 Å². The van der Waals surface area contributed by atoms with E-state index in [4.69, 9.17) is 24.1 Å². The van der Waals surface area contributed by atoms with Gasteiger partial charge in [0, 0.05) is 30.5 Å². The van der Waals surface area contributed by atoms with Gasteiger partial charge in [-0.05, 0) is 51.4 Å². The fraction of sp³-hybridized carbons (Fsp3) is 0.562. The standard InChI is InChI=1S/C32H38N2O14/c1-15(28(40)33-19(29(41)42)12-23(37)38)45-30(43)21(46-16(2)36)13-24(39)47-20-7-9-32(44)22-11-17-5-6-18(14-35)26-25(17)31(32,27(20)48-26)8-4-10-34(22)3/h5-7,15,19,21-22,27,35,44H,4,8-14H2,1-3H3,(H,33,40)(H,37,38)(H,41,42)/t15-,19+,21-,22+,27-,31-,32+/m0/s1. The van der Waals surface area contributed by atoms with Crippen molar-refractivity contribution in [3.8, 4) is 5.75 Å². The van der Waals surface area contributed by atoms with Crippen molar-refractivity contribution in [1.82, 2.24) is 10.2 Å². The number of amides is 1. The maximum atomic E-state index is 13.3. The third-order valence-electron chi connectivity index (χ3n) is 9.66. The molecule has 5 N–H and O–H groups in total. The number of benzene rings is 1. The Hall–Kier alpha value is -4.54. The Bertz CT molecular complexity index is 1570. The van der Waals surface area contributed by atoms with Crippen molar-refractivity contribution in [2.24, 2.45) is 0 Å². The van der Waals surface area contributed by atoms with Crippen LogP contribution in [0.25, 0.3) is 0 Å². The molecule has 48 heavy (non-hydrogen) atoms. The Morgan fingerprint density at radius 1 is 1.12 bits per heavy atom. The van der Waals surface area contributed by atoms with Crippen LogP contribution >= 0.6 is 0 Å². The minimum absolute atomic E-state index is 0.0850. The number of aliphatic hydroxyl groups excluding tert-OH is 1. The number of aliphatic carboxylic acids is 2. The number of likely N-dealkylation sites (N-methyl/N-ethyl adjacent to an activating group) is 1. The zero-order valence-electron chi connectivity index (χ0n) is 26.6. The highest BCUT2D eigenvalue weighted by Crippen LogP contribution is 2.64. The summed E-state index contributed by atoms with van der Waals surface area (Å²) in [6.45, 7) is 2.46. The van der Waals surface area contributed by atoms with Crippen LogP contribution in [-0.2, 0) is 61.4 Å². The minimum atomic E-state index is -1.86. The lowest BCUT2D eigenvalue weighted by atomic mass is 9.52. The number of carboxylic acids is 2. The molecule has 0 aromatic heterocycles. The number of hydrogen-bond donors (Lipinski definition) is 5. The molecule has 16 nitrogen and oxygen atoms in total. The molecule has 1 fully saturated rings. The van der Waals surface area contributed by atoms with E-state index in [0.717, 1.165) is 25.0 Å². The molecule has 0 unspecified atom stereocenters. The van der Waals surface area contributed by atoms with Crippen LogP contribution in [0.5, 0.6) is 5.75 Å². The molecule has 4 aliphatic rings. The smallest absolute Gasteiger partial charge is 0.348 e. The zero-order chi connectivity index (χ0) is 35.1. The molecule has 1 amide bonds. The van der Waals surface area contributed by atoms with Crippen molar-refractivity contribution in [1.29, 1.82) is 0 Å². The van der Waals surface area contributed by atoms with Gasteiger partial charge in [0.2, 0.25) is 6.10 Å². The van der Waals surface area contributed by atoms with E-state index in [1.807, 2.05) is 18.4 Å². The quantitative estimate of drug-likeness (QED) is 0.141. The number of hydrogen-bond acceptors (Lipinski definition) is 13. The van der Waals surface area contributed by atoms with Gasteiger partial charge in [-0.25, -0.2) is 9.59 Å². The number of rotatable bonds is 12. The molecule has 5 rings (SSSR count). The number of likely N-dealkylation sites (tertiary alicyclic amines) is 1. The van der Waals surface area contributed by atoms with Gasteiger partial charge < -0.3 is 49.6 Å². The lowest BCUT2D eigenvalue weighted by Gasteiger charge is -2.56. The van der Waals surface area contributed by atoms with Crippen molar-refractivity contribution in [3.05, 3.63) is 40.7 Å². The minimum Gasteiger partial charge on any atom is -0.481 e. The second kappa shape index (κ2) is 13.2. The fourth-order valence-corrected chi connectivity index (χ4v) is 7.55. The first-order chi connectivity index (χ1) is 22.6. The monoisotopic (exact) mass is 674 g/mol. The van der Waals surface area contributed by atoms with Gasteiger partial charge in [-0.3, -0.25) is 19.2 Å². The number of nitrogens with one attached hydrogen (secondary N) is 1. The third kappa shape index (κ3) is 5.99. The maximum Gasteiger partial charge on any atom is 0.348 e. The second-order valence-electron chi connectivity index (χ2n) is 12.6. The summed E-state index contributed by atoms with van der Waals surface area (Å²) in [5.74, 6) is -7.02. The summed E-state index contributed by atoms with van der Waals surface area (Å²) in [6, 6.07) is 1.63. The van der Waals surface area contributed by atoms with Gasteiger partial charge in [-0.15, -0.1) is 0 Å². The molecule has 1 saturated heterocycles. The zero-order valence-corrected chi connectivity index (χ0v) is 26.6. The molecule has 2 heterocycles. The lowest BCUT2D eigenvalue weighted by molar-refractivity contribution is -0.175. The number of carbonyl (C=O) groups is 6. The van der Waals surface area contributed by atoms with Crippen LogP contribution in [0.3, 0.4) is 0 Å². The summed E-state index contributed by atoms with van der Waals surface area (Å²) in [7, 11) is 1.96. The van der Waals surface area contributed by atoms with E-state index in [9.17, 15) is 44.1 Å². The first kappa shape index (κ1) is 34.8. The number of carbonyl (C=O) groups excluding carboxylic acids is 4. The highest BCUT2D eigenvalue weighted by Gasteiger charge is 2.70.